The van der Waals surface area contributed by atoms with Crippen LogP contribution in [-0.2, 0) is 13.1 Å². The lowest BCUT2D eigenvalue weighted by molar-refractivity contribution is 0.0953. The van der Waals surface area contributed by atoms with Crippen LogP contribution in [0, 0.1) is 0 Å². The normalized spacial score (nSPS) is 11.2. The van der Waals surface area contributed by atoms with Crippen molar-refractivity contribution < 1.29 is 9.53 Å². The van der Waals surface area contributed by atoms with Gasteiger partial charge in [-0.1, -0.05) is 44.2 Å². The van der Waals surface area contributed by atoms with Crippen LogP contribution in [-0.4, -0.2) is 22.1 Å². The smallest absolute Gasteiger partial charge is 0.261 e. The Hall–Kier alpha value is -3.12. The van der Waals surface area contributed by atoms with Crippen LogP contribution in [0.1, 0.15) is 40.8 Å². The number of amides is 1. The van der Waals surface area contributed by atoms with E-state index in [1.807, 2.05) is 53.9 Å². The van der Waals surface area contributed by atoms with Crippen LogP contribution in [0.4, 0.5) is 0 Å². The van der Waals surface area contributed by atoms with E-state index in [0.29, 0.717) is 30.5 Å². The molecule has 154 valence electrons. The molecule has 0 fully saturated rings. The van der Waals surface area contributed by atoms with Crippen molar-refractivity contribution in [3.63, 3.8) is 0 Å². The molecule has 2 heterocycles. The molecular weight excluding hydrogens is 394 g/mol. The average Bonchev–Trinajstić information content (AvgIpc) is 3.41. The lowest BCUT2D eigenvalue weighted by Gasteiger charge is -2.12. The number of carbonyl (C=O) groups is 1. The second-order valence-electron chi connectivity index (χ2n) is 7.40. The third-order valence-corrected chi connectivity index (χ3v) is 5.88. The van der Waals surface area contributed by atoms with Gasteiger partial charge in [0.2, 0.25) is 0 Å². The topological polar surface area (TPSA) is 56.1 Å². The Bertz CT molecular complexity index is 1120. The molecule has 0 radical (unpaired) electrons. The SMILES string of the molecule is CC(C)c1ccc(OCCn2c(CNC(=O)c3cccs3)nc3ccccc32)cc1. The Morgan fingerprint density at radius 1 is 1.10 bits per heavy atom. The molecule has 2 aromatic heterocycles. The number of nitrogens with one attached hydrogen (secondary N) is 1. The first kappa shape index (κ1) is 20.2. The van der Waals surface area contributed by atoms with Gasteiger partial charge in [0.1, 0.15) is 18.2 Å². The largest absolute Gasteiger partial charge is 0.492 e. The lowest BCUT2D eigenvalue weighted by Crippen LogP contribution is -2.24. The molecule has 4 rings (SSSR count). The van der Waals surface area contributed by atoms with Gasteiger partial charge >= 0.3 is 0 Å². The number of imidazole rings is 1. The van der Waals surface area contributed by atoms with E-state index in [4.69, 9.17) is 9.72 Å². The molecule has 0 aliphatic carbocycles. The number of rotatable bonds is 8. The van der Waals surface area contributed by atoms with E-state index < -0.39 is 0 Å². The number of thiophene rings is 1. The molecule has 4 aromatic rings. The van der Waals surface area contributed by atoms with Gasteiger partial charge < -0.3 is 14.6 Å². The van der Waals surface area contributed by atoms with Gasteiger partial charge in [-0.3, -0.25) is 4.79 Å². The van der Waals surface area contributed by atoms with Crippen LogP contribution in [0.15, 0.2) is 66.0 Å². The predicted octanol–water partition coefficient (Wildman–Crippen LogP) is 5.23. The summed E-state index contributed by atoms with van der Waals surface area (Å²) in [6.45, 7) is 5.90. The second-order valence-corrected chi connectivity index (χ2v) is 8.35. The molecule has 0 atom stereocenters. The summed E-state index contributed by atoms with van der Waals surface area (Å²) >= 11 is 1.43. The molecule has 6 heteroatoms. The van der Waals surface area contributed by atoms with Gasteiger partial charge in [0.05, 0.1) is 29.0 Å². The summed E-state index contributed by atoms with van der Waals surface area (Å²) in [6, 6.07) is 20.0. The predicted molar refractivity (Wildman–Crippen MR) is 121 cm³/mol. The van der Waals surface area contributed by atoms with Crippen molar-refractivity contribution in [3.05, 3.63) is 82.3 Å². The first-order valence-corrected chi connectivity index (χ1v) is 11.0. The van der Waals surface area contributed by atoms with Crippen molar-refractivity contribution in [3.8, 4) is 5.75 Å². The maximum Gasteiger partial charge on any atom is 0.261 e. The number of hydrogen-bond acceptors (Lipinski definition) is 4. The van der Waals surface area contributed by atoms with E-state index in [2.05, 4.69) is 35.9 Å². The molecule has 0 unspecified atom stereocenters. The van der Waals surface area contributed by atoms with Crippen molar-refractivity contribution in [2.45, 2.75) is 32.9 Å². The van der Waals surface area contributed by atoms with Gasteiger partial charge in [-0.25, -0.2) is 4.98 Å². The molecule has 1 amide bonds. The highest BCUT2D eigenvalue weighted by Gasteiger charge is 2.13. The lowest BCUT2D eigenvalue weighted by atomic mass is 10.0. The molecule has 0 saturated carbocycles. The summed E-state index contributed by atoms with van der Waals surface area (Å²) in [6.07, 6.45) is 0. The van der Waals surface area contributed by atoms with E-state index >= 15 is 0 Å². The van der Waals surface area contributed by atoms with Crippen LogP contribution in [0.5, 0.6) is 5.75 Å². The standard InChI is InChI=1S/C24H25N3O2S/c1-17(2)18-9-11-19(12-10-18)29-14-13-27-21-7-4-3-6-20(21)26-23(27)16-25-24(28)22-8-5-15-30-22/h3-12,15,17H,13-14,16H2,1-2H3,(H,25,28). The zero-order valence-corrected chi connectivity index (χ0v) is 18.0. The van der Waals surface area contributed by atoms with Gasteiger partial charge in [-0.05, 0) is 47.2 Å². The fraction of sp³-hybridized carbons (Fsp3) is 0.250. The summed E-state index contributed by atoms with van der Waals surface area (Å²) in [7, 11) is 0. The van der Waals surface area contributed by atoms with Crippen molar-refractivity contribution in [1.29, 1.82) is 0 Å². The van der Waals surface area contributed by atoms with Crippen molar-refractivity contribution in [1.82, 2.24) is 14.9 Å². The molecular formula is C24H25N3O2S. The summed E-state index contributed by atoms with van der Waals surface area (Å²) in [5, 5.41) is 4.87. The number of aromatic nitrogens is 2. The Balaban J connectivity index is 1.45. The number of nitrogens with zero attached hydrogens (tertiary/aromatic N) is 2. The van der Waals surface area contributed by atoms with E-state index in [0.717, 1.165) is 22.6 Å². The highest BCUT2D eigenvalue weighted by atomic mass is 32.1. The summed E-state index contributed by atoms with van der Waals surface area (Å²) in [4.78, 5) is 17.7. The molecule has 2 aromatic carbocycles. The number of para-hydroxylation sites is 2. The molecule has 0 spiro atoms. The third-order valence-electron chi connectivity index (χ3n) is 5.02. The number of fused-ring (bicyclic) bond motifs is 1. The minimum atomic E-state index is -0.0786. The highest BCUT2D eigenvalue weighted by molar-refractivity contribution is 7.12. The quantitative estimate of drug-likeness (QED) is 0.425. The third kappa shape index (κ3) is 4.54. The summed E-state index contributed by atoms with van der Waals surface area (Å²) < 4.78 is 8.09. The van der Waals surface area contributed by atoms with E-state index in [-0.39, 0.29) is 5.91 Å². The van der Waals surface area contributed by atoms with Crippen molar-refractivity contribution >= 4 is 28.3 Å². The van der Waals surface area contributed by atoms with Gasteiger partial charge in [-0.2, -0.15) is 0 Å². The zero-order chi connectivity index (χ0) is 20.9. The first-order valence-electron chi connectivity index (χ1n) is 10.1. The molecule has 0 saturated heterocycles. The summed E-state index contributed by atoms with van der Waals surface area (Å²) in [5.74, 6) is 2.10. The fourth-order valence-electron chi connectivity index (χ4n) is 3.37. The molecule has 0 aliphatic heterocycles. The molecule has 1 N–H and O–H groups in total. The summed E-state index contributed by atoms with van der Waals surface area (Å²) in [5.41, 5.74) is 3.25. The Kier molecular flexibility index (Phi) is 6.14. The van der Waals surface area contributed by atoms with Crippen LogP contribution in [0.2, 0.25) is 0 Å². The number of benzene rings is 2. The monoisotopic (exact) mass is 419 g/mol. The van der Waals surface area contributed by atoms with Crippen LogP contribution < -0.4 is 10.1 Å². The van der Waals surface area contributed by atoms with Crippen molar-refractivity contribution in [2.75, 3.05) is 6.61 Å². The van der Waals surface area contributed by atoms with Gasteiger partial charge in [0, 0.05) is 0 Å². The Labute approximate surface area is 180 Å². The van der Waals surface area contributed by atoms with Crippen LogP contribution in [0.25, 0.3) is 11.0 Å². The molecule has 5 nitrogen and oxygen atoms in total. The Morgan fingerprint density at radius 3 is 2.63 bits per heavy atom. The van der Waals surface area contributed by atoms with Crippen LogP contribution >= 0.6 is 11.3 Å². The zero-order valence-electron chi connectivity index (χ0n) is 17.2. The molecule has 30 heavy (non-hydrogen) atoms. The van der Waals surface area contributed by atoms with E-state index in [1.54, 1.807) is 0 Å². The maximum absolute atomic E-state index is 12.3. The van der Waals surface area contributed by atoms with Crippen molar-refractivity contribution in [2.24, 2.45) is 0 Å². The van der Waals surface area contributed by atoms with Gasteiger partial charge in [0.15, 0.2) is 0 Å². The number of hydrogen-bond donors (Lipinski definition) is 1. The minimum Gasteiger partial charge on any atom is -0.492 e. The number of carbonyl (C=O) groups excluding carboxylic acids is 1. The van der Waals surface area contributed by atoms with Crippen LogP contribution in [0.3, 0.4) is 0 Å². The van der Waals surface area contributed by atoms with E-state index in [9.17, 15) is 4.79 Å². The maximum atomic E-state index is 12.3. The van der Waals surface area contributed by atoms with Gasteiger partial charge in [-0.15, -0.1) is 11.3 Å². The second kappa shape index (κ2) is 9.13. The molecule has 0 bridgehead atoms. The van der Waals surface area contributed by atoms with E-state index in [1.165, 1.54) is 16.9 Å². The molecule has 0 aliphatic rings. The number of ether oxygens (including phenoxy) is 1. The first-order chi connectivity index (χ1) is 14.6. The fourth-order valence-corrected chi connectivity index (χ4v) is 4.01. The minimum absolute atomic E-state index is 0.0786. The highest BCUT2D eigenvalue weighted by Crippen LogP contribution is 2.20. The van der Waals surface area contributed by atoms with Gasteiger partial charge in [0.25, 0.3) is 5.91 Å². The average molecular weight is 420 g/mol. The Morgan fingerprint density at radius 2 is 1.90 bits per heavy atom.